The van der Waals surface area contributed by atoms with E-state index >= 15 is 0 Å². The van der Waals surface area contributed by atoms with Crippen LogP contribution in [0.2, 0.25) is 0 Å². The quantitative estimate of drug-likeness (QED) is 0.138. The molecule has 2 nitrogen and oxygen atoms in total. The molecule has 0 unspecified atom stereocenters. The standard InChI is InChI=1S/C66H44N2/c1-4-21-46(22-5-1)64-59-35-13-12-33-56(59)57-41-40-49(44-61(57)65(64)47-23-6-2-7-24-47)48-26-16-30-52(42-48)67(62-39-18-25-45-20-10-11-32-54(45)62)53-31-17-27-50(43-53)55-36-19-37-60-58-34-14-15-38-63(58)68(66(55)60)51-28-8-3-9-29-51/h1-44H. The van der Waals surface area contributed by atoms with Gasteiger partial charge in [-0.3, -0.25) is 0 Å². The zero-order valence-electron chi connectivity index (χ0n) is 37.3. The van der Waals surface area contributed by atoms with Crippen LogP contribution in [-0.4, -0.2) is 4.57 Å². The van der Waals surface area contributed by atoms with Crippen molar-refractivity contribution in [3.63, 3.8) is 0 Å². The van der Waals surface area contributed by atoms with Gasteiger partial charge in [0, 0.05) is 38.8 Å². The van der Waals surface area contributed by atoms with Crippen molar-refractivity contribution in [2.24, 2.45) is 0 Å². The van der Waals surface area contributed by atoms with E-state index in [9.17, 15) is 0 Å². The summed E-state index contributed by atoms with van der Waals surface area (Å²) in [5.41, 5.74) is 16.4. The molecule has 13 rings (SSSR count). The zero-order valence-corrected chi connectivity index (χ0v) is 37.3. The number of fused-ring (bicyclic) bond motifs is 7. The van der Waals surface area contributed by atoms with Gasteiger partial charge in [-0.25, -0.2) is 0 Å². The van der Waals surface area contributed by atoms with Crippen molar-refractivity contribution in [1.29, 1.82) is 0 Å². The Balaban J connectivity index is 1.02. The summed E-state index contributed by atoms with van der Waals surface area (Å²) >= 11 is 0. The molecule has 13 aromatic rings. The lowest BCUT2D eigenvalue weighted by Crippen LogP contribution is -2.10. The Labute approximate surface area is 395 Å². The molecule has 0 aliphatic rings. The molecule has 0 saturated heterocycles. The number of hydrogen-bond acceptors (Lipinski definition) is 1. The van der Waals surface area contributed by atoms with Gasteiger partial charge in [-0.1, -0.05) is 212 Å². The van der Waals surface area contributed by atoms with E-state index in [0.29, 0.717) is 0 Å². The van der Waals surface area contributed by atoms with Crippen LogP contribution in [0.5, 0.6) is 0 Å². The van der Waals surface area contributed by atoms with Crippen LogP contribution in [-0.2, 0) is 0 Å². The lowest BCUT2D eigenvalue weighted by atomic mass is 9.84. The molecule has 2 heteroatoms. The normalized spacial score (nSPS) is 11.5. The molecule has 0 aliphatic heterocycles. The average molecular weight is 865 g/mol. The van der Waals surface area contributed by atoms with E-state index in [1.54, 1.807) is 0 Å². The summed E-state index contributed by atoms with van der Waals surface area (Å²) in [7, 11) is 0. The smallest absolute Gasteiger partial charge is 0.0619 e. The summed E-state index contributed by atoms with van der Waals surface area (Å²) in [6.45, 7) is 0. The van der Waals surface area contributed by atoms with E-state index in [1.807, 2.05) is 0 Å². The zero-order chi connectivity index (χ0) is 45.0. The van der Waals surface area contributed by atoms with Crippen LogP contribution in [0.25, 0.3) is 104 Å². The summed E-state index contributed by atoms with van der Waals surface area (Å²) in [6.07, 6.45) is 0. The SMILES string of the molecule is c1ccc(-c2c(-c3ccccc3)c3cc(-c4cccc(N(c5cccc(-c6cccc7c8ccccc8n(-c8ccccc8)c67)c5)c5cccc6ccccc56)c4)ccc3c3ccccc23)cc1. The van der Waals surface area contributed by atoms with Crippen molar-refractivity contribution in [3.8, 4) is 50.2 Å². The third-order valence-electron chi connectivity index (χ3n) is 13.7. The largest absolute Gasteiger partial charge is 0.310 e. The fraction of sp³-hybridized carbons (Fsp3) is 0. The van der Waals surface area contributed by atoms with Crippen molar-refractivity contribution in [2.75, 3.05) is 4.90 Å². The minimum atomic E-state index is 1.08. The van der Waals surface area contributed by atoms with E-state index in [1.165, 1.54) is 81.9 Å². The Morgan fingerprint density at radius 2 is 0.779 bits per heavy atom. The van der Waals surface area contributed by atoms with Gasteiger partial charge in [0.1, 0.15) is 0 Å². The summed E-state index contributed by atoms with van der Waals surface area (Å²) in [5.74, 6) is 0. The van der Waals surface area contributed by atoms with Gasteiger partial charge < -0.3 is 9.47 Å². The maximum Gasteiger partial charge on any atom is 0.0619 e. The first-order valence-corrected chi connectivity index (χ1v) is 23.4. The molecular weight excluding hydrogens is 821 g/mol. The number of rotatable bonds is 8. The third kappa shape index (κ3) is 6.57. The molecule has 0 saturated carbocycles. The Bertz CT molecular complexity index is 4010. The minimum absolute atomic E-state index is 1.08. The first-order valence-electron chi connectivity index (χ1n) is 23.4. The van der Waals surface area contributed by atoms with Crippen molar-refractivity contribution >= 4 is 71.2 Å². The second-order valence-corrected chi connectivity index (χ2v) is 17.6. The van der Waals surface area contributed by atoms with Crippen molar-refractivity contribution in [1.82, 2.24) is 4.57 Å². The van der Waals surface area contributed by atoms with Crippen molar-refractivity contribution in [2.45, 2.75) is 0 Å². The van der Waals surface area contributed by atoms with Gasteiger partial charge in [0.25, 0.3) is 0 Å². The number of nitrogens with zero attached hydrogens (tertiary/aromatic N) is 2. The monoisotopic (exact) mass is 864 g/mol. The summed E-state index contributed by atoms with van der Waals surface area (Å²) in [5, 5.41) is 9.86. The number of benzene rings is 12. The highest BCUT2D eigenvalue weighted by molar-refractivity contribution is 6.22. The minimum Gasteiger partial charge on any atom is -0.310 e. The van der Waals surface area contributed by atoms with Crippen LogP contribution >= 0.6 is 0 Å². The topological polar surface area (TPSA) is 8.17 Å². The maximum absolute atomic E-state index is 2.44. The maximum atomic E-state index is 2.44. The highest BCUT2D eigenvalue weighted by Crippen LogP contribution is 2.47. The van der Waals surface area contributed by atoms with Gasteiger partial charge in [0.05, 0.1) is 16.7 Å². The molecule has 0 fully saturated rings. The molecule has 0 N–H and O–H groups in total. The predicted molar refractivity (Wildman–Crippen MR) is 290 cm³/mol. The summed E-state index contributed by atoms with van der Waals surface area (Å²) in [4.78, 5) is 2.44. The van der Waals surface area contributed by atoms with Gasteiger partial charge in [0.15, 0.2) is 0 Å². The lowest BCUT2D eigenvalue weighted by molar-refractivity contribution is 1.18. The van der Waals surface area contributed by atoms with Gasteiger partial charge in [-0.2, -0.15) is 0 Å². The first-order chi connectivity index (χ1) is 33.8. The van der Waals surface area contributed by atoms with Gasteiger partial charge >= 0.3 is 0 Å². The van der Waals surface area contributed by atoms with E-state index in [0.717, 1.165) is 39.4 Å². The number of anilines is 3. The van der Waals surface area contributed by atoms with Gasteiger partial charge in [0.2, 0.25) is 0 Å². The van der Waals surface area contributed by atoms with Crippen LogP contribution in [0.1, 0.15) is 0 Å². The van der Waals surface area contributed by atoms with Crippen LogP contribution in [0, 0.1) is 0 Å². The Hall–Kier alpha value is -8.98. The second-order valence-electron chi connectivity index (χ2n) is 17.6. The second kappa shape index (κ2) is 16.5. The molecule has 0 atom stereocenters. The fourth-order valence-electron chi connectivity index (χ4n) is 10.7. The van der Waals surface area contributed by atoms with E-state index in [4.69, 9.17) is 0 Å². The number of para-hydroxylation sites is 3. The molecular formula is C66H44N2. The highest BCUT2D eigenvalue weighted by atomic mass is 15.1. The lowest BCUT2D eigenvalue weighted by Gasteiger charge is -2.28. The molecule has 0 amide bonds. The molecule has 1 aromatic heterocycles. The van der Waals surface area contributed by atoms with Gasteiger partial charge in [-0.15, -0.1) is 0 Å². The number of hydrogen-bond donors (Lipinski definition) is 0. The Kier molecular flexibility index (Phi) is 9.54. The molecule has 0 aliphatic carbocycles. The Morgan fingerprint density at radius 3 is 1.53 bits per heavy atom. The summed E-state index contributed by atoms with van der Waals surface area (Å²) in [6, 6.07) is 97.5. The van der Waals surface area contributed by atoms with Crippen LogP contribution in [0.3, 0.4) is 0 Å². The first kappa shape index (κ1) is 39.4. The van der Waals surface area contributed by atoms with Crippen molar-refractivity contribution in [3.05, 3.63) is 267 Å². The van der Waals surface area contributed by atoms with Gasteiger partial charge in [-0.05, 0) is 120 Å². The van der Waals surface area contributed by atoms with Crippen LogP contribution < -0.4 is 4.90 Å². The molecule has 0 radical (unpaired) electrons. The van der Waals surface area contributed by atoms with E-state index in [-0.39, 0.29) is 0 Å². The average Bonchev–Trinajstić information content (AvgIpc) is 3.76. The van der Waals surface area contributed by atoms with Crippen LogP contribution in [0.4, 0.5) is 17.1 Å². The Morgan fingerprint density at radius 1 is 0.279 bits per heavy atom. The summed E-state index contributed by atoms with van der Waals surface area (Å²) < 4.78 is 2.43. The molecule has 68 heavy (non-hydrogen) atoms. The molecule has 12 aromatic carbocycles. The highest BCUT2D eigenvalue weighted by Gasteiger charge is 2.22. The number of aromatic nitrogens is 1. The fourth-order valence-corrected chi connectivity index (χ4v) is 10.7. The molecule has 318 valence electrons. The molecule has 1 heterocycles. The molecule has 0 spiro atoms. The molecule has 0 bridgehead atoms. The van der Waals surface area contributed by atoms with E-state index < -0.39 is 0 Å². The third-order valence-corrected chi connectivity index (χ3v) is 13.7. The predicted octanol–water partition coefficient (Wildman–Crippen LogP) is 18.4. The van der Waals surface area contributed by atoms with Crippen molar-refractivity contribution < 1.29 is 0 Å². The van der Waals surface area contributed by atoms with E-state index in [2.05, 4.69) is 276 Å². The van der Waals surface area contributed by atoms with Crippen LogP contribution in [0.15, 0.2) is 267 Å².